The molecule has 3 rings (SSSR count). The molecule has 1 aromatic heterocycles. The van der Waals surface area contributed by atoms with E-state index in [-0.39, 0.29) is 12.0 Å². The van der Waals surface area contributed by atoms with Gasteiger partial charge in [-0.1, -0.05) is 16.4 Å². The molecule has 0 saturated heterocycles. The van der Waals surface area contributed by atoms with E-state index in [0.29, 0.717) is 35.5 Å². The number of hydrogen-bond donors (Lipinski definition) is 2. The number of halogens is 1. The van der Waals surface area contributed by atoms with E-state index in [1.165, 1.54) is 19.2 Å². The van der Waals surface area contributed by atoms with Gasteiger partial charge in [-0.15, -0.1) is 0 Å². The summed E-state index contributed by atoms with van der Waals surface area (Å²) in [4.78, 5) is 16.2. The number of rotatable bonds is 5. The molecule has 0 bridgehead atoms. The molecule has 1 atom stereocenters. The maximum absolute atomic E-state index is 14.5. The van der Waals surface area contributed by atoms with Crippen molar-refractivity contribution >= 4 is 17.8 Å². The molecular weight excluding hydrogens is 327 g/mol. The second-order valence-corrected chi connectivity index (χ2v) is 5.67. The van der Waals surface area contributed by atoms with Gasteiger partial charge in [-0.2, -0.15) is 0 Å². The largest absolute Gasteiger partial charge is 0.411 e. The van der Waals surface area contributed by atoms with Crippen molar-refractivity contribution in [2.24, 2.45) is 10.3 Å². The number of carbonyl (C=O) groups excluding carboxylic acids is 1. The highest BCUT2D eigenvalue weighted by Gasteiger charge is 2.23. The smallest absolute Gasteiger partial charge is 0.217 e. The van der Waals surface area contributed by atoms with E-state index in [4.69, 9.17) is 10.0 Å². The summed E-state index contributed by atoms with van der Waals surface area (Å²) in [5.74, 6) is -0.543. The van der Waals surface area contributed by atoms with Gasteiger partial charge in [-0.25, -0.2) is 4.39 Å². The van der Waals surface area contributed by atoms with E-state index >= 15 is 0 Å². The summed E-state index contributed by atoms with van der Waals surface area (Å²) in [5.41, 5.74) is 2.30. The van der Waals surface area contributed by atoms with Gasteiger partial charge < -0.3 is 19.9 Å². The third-order valence-corrected chi connectivity index (χ3v) is 3.79. The van der Waals surface area contributed by atoms with Crippen molar-refractivity contribution < 1.29 is 19.2 Å². The van der Waals surface area contributed by atoms with Gasteiger partial charge in [0.25, 0.3) is 0 Å². The van der Waals surface area contributed by atoms with Crippen molar-refractivity contribution in [3.8, 4) is 5.69 Å². The Morgan fingerprint density at radius 1 is 1.56 bits per heavy atom. The van der Waals surface area contributed by atoms with E-state index < -0.39 is 5.82 Å². The van der Waals surface area contributed by atoms with Crippen LogP contribution in [0.3, 0.4) is 0 Å². The van der Waals surface area contributed by atoms with Gasteiger partial charge in [-0.3, -0.25) is 4.79 Å². The van der Waals surface area contributed by atoms with Gasteiger partial charge in [0.05, 0.1) is 24.2 Å². The van der Waals surface area contributed by atoms with Crippen LogP contribution in [0, 0.1) is 5.82 Å². The molecule has 2 N–H and O–H groups in total. The first-order valence-corrected chi connectivity index (χ1v) is 7.69. The van der Waals surface area contributed by atoms with Gasteiger partial charge in [-0.05, 0) is 18.2 Å². The number of carbonyl (C=O) groups is 1. The number of nitrogens with one attached hydrogen (secondary N) is 1. The topological polar surface area (TPSA) is 88.2 Å². The molecular formula is C17H17FN4O3. The molecule has 130 valence electrons. The molecule has 8 heteroatoms. The van der Waals surface area contributed by atoms with Crippen molar-refractivity contribution in [1.82, 2.24) is 9.88 Å². The Hall–Kier alpha value is -3.16. The molecule has 25 heavy (non-hydrogen) atoms. The Morgan fingerprint density at radius 3 is 3.12 bits per heavy atom. The number of benzene rings is 1. The first kappa shape index (κ1) is 16.7. The van der Waals surface area contributed by atoms with Crippen molar-refractivity contribution in [2.75, 3.05) is 6.54 Å². The Morgan fingerprint density at radius 2 is 2.40 bits per heavy atom. The zero-order chi connectivity index (χ0) is 17.8. The van der Waals surface area contributed by atoms with E-state index in [2.05, 4.69) is 15.6 Å². The molecule has 2 aromatic rings. The van der Waals surface area contributed by atoms with E-state index in [1.807, 2.05) is 0 Å². The standard InChI is InChI=1S/C17H17FN4O3/c1-11(23)19-9-14-7-16(21-25-14)13-2-3-17(15(18)6-13)22-5-4-12(10-22)8-20-24/h2-6,8,10,14,24H,7,9H2,1H3,(H,19,23)/b20-8+. The fourth-order valence-electron chi connectivity index (χ4n) is 2.57. The number of oxime groups is 2. The third-order valence-electron chi connectivity index (χ3n) is 3.79. The van der Waals surface area contributed by atoms with Crippen molar-refractivity contribution in [2.45, 2.75) is 19.4 Å². The van der Waals surface area contributed by atoms with Crippen LogP contribution < -0.4 is 5.32 Å². The molecule has 0 radical (unpaired) electrons. The zero-order valence-electron chi connectivity index (χ0n) is 13.5. The minimum atomic E-state index is -0.409. The average Bonchev–Trinajstić information content (AvgIpc) is 3.22. The predicted octanol–water partition coefficient (Wildman–Crippen LogP) is 2.05. The minimum absolute atomic E-state index is 0.134. The lowest BCUT2D eigenvalue weighted by Crippen LogP contribution is -2.30. The second kappa shape index (κ2) is 7.16. The van der Waals surface area contributed by atoms with Gasteiger partial charge >= 0.3 is 0 Å². The SMILES string of the molecule is CC(=O)NCC1CC(c2ccc(-n3ccc(/C=N/O)c3)c(F)c2)=NO1. The van der Waals surface area contributed by atoms with E-state index in [0.717, 1.165) is 0 Å². The van der Waals surface area contributed by atoms with Crippen LogP contribution in [0.1, 0.15) is 24.5 Å². The number of amides is 1. The fraction of sp³-hybridized carbons (Fsp3) is 0.235. The normalized spacial score (nSPS) is 16.7. The maximum atomic E-state index is 14.5. The van der Waals surface area contributed by atoms with Crippen LogP contribution in [-0.2, 0) is 9.63 Å². The molecule has 0 aliphatic carbocycles. The van der Waals surface area contributed by atoms with Gasteiger partial charge in [0.2, 0.25) is 5.91 Å². The monoisotopic (exact) mass is 344 g/mol. The lowest BCUT2D eigenvalue weighted by molar-refractivity contribution is -0.119. The van der Waals surface area contributed by atoms with Crippen LogP contribution in [0.2, 0.25) is 0 Å². The Bertz CT molecular complexity index is 844. The van der Waals surface area contributed by atoms with Gasteiger partial charge in [0, 0.05) is 36.9 Å². The van der Waals surface area contributed by atoms with Crippen molar-refractivity contribution in [1.29, 1.82) is 0 Å². The first-order chi connectivity index (χ1) is 12.1. The molecule has 2 heterocycles. The maximum Gasteiger partial charge on any atom is 0.217 e. The summed E-state index contributed by atoms with van der Waals surface area (Å²) >= 11 is 0. The van der Waals surface area contributed by atoms with Crippen LogP contribution >= 0.6 is 0 Å². The van der Waals surface area contributed by atoms with Crippen LogP contribution in [0.25, 0.3) is 5.69 Å². The summed E-state index contributed by atoms with van der Waals surface area (Å²) in [6, 6.07) is 6.52. The highest BCUT2D eigenvalue weighted by Crippen LogP contribution is 2.21. The molecule has 1 unspecified atom stereocenters. The molecule has 1 aliphatic rings. The predicted molar refractivity (Wildman–Crippen MR) is 89.8 cm³/mol. The molecule has 1 aromatic carbocycles. The van der Waals surface area contributed by atoms with Crippen molar-refractivity contribution in [3.63, 3.8) is 0 Å². The molecule has 0 spiro atoms. The Kier molecular flexibility index (Phi) is 4.78. The zero-order valence-corrected chi connectivity index (χ0v) is 13.5. The average molecular weight is 344 g/mol. The number of nitrogens with zero attached hydrogens (tertiary/aromatic N) is 3. The Balaban J connectivity index is 1.73. The number of hydrogen-bond acceptors (Lipinski definition) is 5. The molecule has 1 aliphatic heterocycles. The molecule has 0 saturated carbocycles. The highest BCUT2D eigenvalue weighted by molar-refractivity contribution is 6.01. The van der Waals surface area contributed by atoms with Crippen LogP contribution in [-0.4, -0.2) is 40.3 Å². The third kappa shape index (κ3) is 3.85. The van der Waals surface area contributed by atoms with Gasteiger partial charge in [0.1, 0.15) is 11.9 Å². The summed E-state index contributed by atoms with van der Waals surface area (Å²) in [6.45, 7) is 1.80. The van der Waals surface area contributed by atoms with Crippen LogP contribution in [0.5, 0.6) is 0 Å². The van der Waals surface area contributed by atoms with Crippen LogP contribution in [0.15, 0.2) is 47.0 Å². The minimum Gasteiger partial charge on any atom is -0.411 e. The fourth-order valence-corrected chi connectivity index (χ4v) is 2.57. The van der Waals surface area contributed by atoms with Gasteiger partial charge in [0.15, 0.2) is 0 Å². The summed E-state index contributed by atoms with van der Waals surface area (Å²) in [5, 5.41) is 18.1. The quantitative estimate of drug-likeness (QED) is 0.494. The second-order valence-electron chi connectivity index (χ2n) is 5.67. The van der Waals surface area contributed by atoms with Crippen molar-refractivity contribution in [3.05, 3.63) is 53.6 Å². The van der Waals surface area contributed by atoms with E-state index in [9.17, 15) is 9.18 Å². The molecule has 1 amide bonds. The van der Waals surface area contributed by atoms with E-state index in [1.54, 1.807) is 35.2 Å². The molecule has 7 nitrogen and oxygen atoms in total. The lowest BCUT2D eigenvalue weighted by atomic mass is 10.0. The highest BCUT2D eigenvalue weighted by atomic mass is 19.1. The Labute approximate surface area is 143 Å². The number of aromatic nitrogens is 1. The summed E-state index contributed by atoms with van der Waals surface area (Å²) < 4.78 is 16.1. The molecule has 0 fully saturated rings. The summed E-state index contributed by atoms with van der Waals surface area (Å²) in [6.07, 6.45) is 4.85. The van der Waals surface area contributed by atoms with Crippen LogP contribution in [0.4, 0.5) is 4.39 Å². The lowest BCUT2D eigenvalue weighted by Gasteiger charge is -2.08. The summed E-state index contributed by atoms with van der Waals surface area (Å²) in [7, 11) is 0. The first-order valence-electron chi connectivity index (χ1n) is 7.69.